The highest BCUT2D eigenvalue weighted by molar-refractivity contribution is 7.89. The number of carbonyl (C=O) groups excluding carboxylic acids is 1. The Bertz CT molecular complexity index is 976. The van der Waals surface area contributed by atoms with Gasteiger partial charge in [0.1, 0.15) is 11.6 Å². The molecule has 0 aromatic heterocycles. The summed E-state index contributed by atoms with van der Waals surface area (Å²) < 4.78 is 22.4. The molecular weight excluding hydrogens is 368 g/mol. The maximum Gasteiger partial charge on any atom is 0.267 e. The summed E-state index contributed by atoms with van der Waals surface area (Å²) >= 11 is 0. The number of rotatable bonds is 7. The normalized spacial score (nSPS) is 11.5. The van der Waals surface area contributed by atoms with Crippen LogP contribution in [0.4, 0.5) is 5.69 Å². The molecule has 8 nitrogen and oxygen atoms in total. The molecule has 9 heteroatoms. The Morgan fingerprint density at radius 3 is 2.22 bits per heavy atom. The van der Waals surface area contributed by atoms with E-state index in [2.05, 4.69) is 10.6 Å². The zero-order valence-corrected chi connectivity index (χ0v) is 15.0. The SMILES string of the molecule is N#C/C(=C/NCc1ccc(CO)cc1)C(=O)Nc1ccc(S(N)(=O)=O)cc1. The molecule has 0 saturated heterocycles. The number of aliphatic hydroxyl groups excluding tert-OH is 1. The molecule has 0 radical (unpaired) electrons. The molecule has 0 fully saturated rings. The smallest absolute Gasteiger partial charge is 0.267 e. The molecule has 0 aliphatic carbocycles. The van der Waals surface area contributed by atoms with E-state index in [1.54, 1.807) is 18.2 Å². The molecule has 0 unspecified atom stereocenters. The summed E-state index contributed by atoms with van der Waals surface area (Å²) in [4.78, 5) is 12.1. The van der Waals surface area contributed by atoms with Crippen LogP contribution in [-0.4, -0.2) is 19.4 Å². The lowest BCUT2D eigenvalue weighted by molar-refractivity contribution is -0.112. The highest BCUT2D eigenvalue weighted by atomic mass is 32.2. The molecule has 2 aromatic carbocycles. The number of hydrogen-bond acceptors (Lipinski definition) is 6. The van der Waals surface area contributed by atoms with Crippen molar-refractivity contribution >= 4 is 21.6 Å². The van der Waals surface area contributed by atoms with E-state index in [1.807, 2.05) is 12.1 Å². The lowest BCUT2D eigenvalue weighted by atomic mass is 10.1. The van der Waals surface area contributed by atoms with E-state index in [0.29, 0.717) is 12.2 Å². The number of aliphatic hydroxyl groups is 1. The summed E-state index contributed by atoms with van der Waals surface area (Å²) in [5.41, 5.74) is 1.89. The lowest BCUT2D eigenvalue weighted by Gasteiger charge is -2.06. The van der Waals surface area contributed by atoms with Crippen LogP contribution in [0, 0.1) is 11.3 Å². The summed E-state index contributed by atoms with van der Waals surface area (Å²) in [6.07, 6.45) is 1.30. The van der Waals surface area contributed by atoms with Crippen LogP contribution in [-0.2, 0) is 28.0 Å². The highest BCUT2D eigenvalue weighted by Gasteiger charge is 2.11. The zero-order chi connectivity index (χ0) is 19.9. The first kappa shape index (κ1) is 20.1. The van der Waals surface area contributed by atoms with Crippen LogP contribution in [0.3, 0.4) is 0 Å². The Hall–Kier alpha value is -3.19. The van der Waals surface area contributed by atoms with E-state index < -0.39 is 15.9 Å². The Labute approximate surface area is 157 Å². The van der Waals surface area contributed by atoms with Gasteiger partial charge >= 0.3 is 0 Å². The molecular formula is C18H18N4O4S. The molecule has 0 aliphatic heterocycles. The second-order valence-electron chi connectivity index (χ2n) is 5.55. The van der Waals surface area contributed by atoms with Crippen molar-refractivity contribution in [3.8, 4) is 6.07 Å². The minimum Gasteiger partial charge on any atom is -0.392 e. The lowest BCUT2D eigenvalue weighted by Crippen LogP contribution is -2.17. The molecule has 5 N–H and O–H groups in total. The molecule has 0 heterocycles. The third-order valence-electron chi connectivity index (χ3n) is 3.56. The largest absolute Gasteiger partial charge is 0.392 e. The fraction of sp³-hybridized carbons (Fsp3) is 0.111. The molecule has 0 atom stereocenters. The Morgan fingerprint density at radius 2 is 1.70 bits per heavy atom. The van der Waals surface area contributed by atoms with Gasteiger partial charge in [-0.15, -0.1) is 0 Å². The second kappa shape index (κ2) is 8.95. The van der Waals surface area contributed by atoms with Crippen molar-refractivity contribution in [1.82, 2.24) is 5.32 Å². The molecule has 1 amide bonds. The van der Waals surface area contributed by atoms with Gasteiger partial charge in [-0.1, -0.05) is 24.3 Å². The number of hydrogen-bond donors (Lipinski definition) is 4. The Morgan fingerprint density at radius 1 is 1.11 bits per heavy atom. The average Bonchev–Trinajstić information content (AvgIpc) is 2.65. The number of benzene rings is 2. The maximum absolute atomic E-state index is 12.1. The molecule has 0 saturated carbocycles. The van der Waals surface area contributed by atoms with Gasteiger partial charge in [0.05, 0.1) is 11.5 Å². The zero-order valence-electron chi connectivity index (χ0n) is 14.2. The van der Waals surface area contributed by atoms with Gasteiger partial charge in [-0.2, -0.15) is 5.26 Å². The third-order valence-corrected chi connectivity index (χ3v) is 4.49. The van der Waals surface area contributed by atoms with E-state index in [0.717, 1.165) is 11.1 Å². The van der Waals surface area contributed by atoms with Crippen LogP contribution in [0.1, 0.15) is 11.1 Å². The number of amides is 1. The first-order valence-corrected chi connectivity index (χ1v) is 9.34. The molecule has 0 aliphatic rings. The Kier molecular flexibility index (Phi) is 6.67. The van der Waals surface area contributed by atoms with E-state index >= 15 is 0 Å². The molecule has 2 aromatic rings. The van der Waals surface area contributed by atoms with E-state index in [4.69, 9.17) is 15.5 Å². The highest BCUT2D eigenvalue weighted by Crippen LogP contribution is 2.13. The summed E-state index contributed by atoms with van der Waals surface area (Å²) in [7, 11) is -3.81. The molecule has 0 spiro atoms. The van der Waals surface area contributed by atoms with Crippen LogP contribution < -0.4 is 15.8 Å². The number of carbonyl (C=O) groups is 1. The van der Waals surface area contributed by atoms with Crippen LogP contribution >= 0.6 is 0 Å². The number of nitrogens with two attached hydrogens (primary N) is 1. The van der Waals surface area contributed by atoms with Gasteiger partial charge in [-0.25, -0.2) is 13.6 Å². The fourth-order valence-electron chi connectivity index (χ4n) is 2.11. The minimum absolute atomic E-state index is 0.0371. The summed E-state index contributed by atoms with van der Waals surface area (Å²) in [6.45, 7) is 0.359. The third kappa shape index (κ3) is 5.93. The maximum atomic E-state index is 12.1. The number of nitrogens with one attached hydrogen (secondary N) is 2. The molecule has 0 bridgehead atoms. The average molecular weight is 386 g/mol. The van der Waals surface area contributed by atoms with Crippen LogP contribution in [0.5, 0.6) is 0 Å². The quantitative estimate of drug-likeness (QED) is 0.412. The van der Waals surface area contributed by atoms with Crippen molar-refractivity contribution in [2.75, 3.05) is 5.32 Å². The van der Waals surface area contributed by atoms with E-state index in [9.17, 15) is 13.2 Å². The molecule has 2 rings (SSSR count). The van der Waals surface area contributed by atoms with Gasteiger partial charge in [0.2, 0.25) is 10.0 Å². The topological polar surface area (TPSA) is 145 Å². The van der Waals surface area contributed by atoms with Crippen molar-refractivity contribution in [3.05, 3.63) is 71.4 Å². The van der Waals surface area contributed by atoms with Gasteiger partial charge in [-0.3, -0.25) is 4.79 Å². The first-order valence-electron chi connectivity index (χ1n) is 7.80. The van der Waals surface area contributed by atoms with Crippen molar-refractivity contribution in [2.24, 2.45) is 5.14 Å². The van der Waals surface area contributed by atoms with Gasteiger partial charge < -0.3 is 15.7 Å². The van der Waals surface area contributed by atoms with Crippen molar-refractivity contribution < 1.29 is 18.3 Å². The van der Waals surface area contributed by atoms with Gasteiger partial charge in [-0.05, 0) is 35.4 Å². The fourth-order valence-corrected chi connectivity index (χ4v) is 2.62. The van der Waals surface area contributed by atoms with E-state index in [1.165, 1.54) is 30.5 Å². The van der Waals surface area contributed by atoms with Crippen LogP contribution in [0.2, 0.25) is 0 Å². The number of nitrogens with zero attached hydrogens (tertiary/aromatic N) is 1. The van der Waals surface area contributed by atoms with Crippen molar-refractivity contribution in [1.29, 1.82) is 5.26 Å². The summed E-state index contributed by atoms with van der Waals surface area (Å²) in [5, 5.41) is 28.5. The number of anilines is 1. The number of nitriles is 1. The minimum atomic E-state index is -3.81. The van der Waals surface area contributed by atoms with Gasteiger partial charge in [0.15, 0.2) is 0 Å². The molecule has 140 valence electrons. The molecule has 27 heavy (non-hydrogen) atoms. The van der Waals surface area contributed by atoms with Crippen LogP contribution in [0.15, 0.2) is 65.2 Å². The predicted octanol–water partition coefficient (Wildman–Crippen LogP) is 0.962. The van der Waals surface area contributed by atoms with Gasteiger partial charge in [0, 0.05) is 18.4 Å². The Balaban J connectivity index is 1.98. The van der Waals surface area contributed by atoms with Crippen molar-refractivity contribution in [3.63, 3.8) is 0 Å². The van der Waals surface area contributed by atoms with Crippen LogP contribution in [0.25, 0.3) is 0 Å². The van der Waals surface area contributed by atoms with Gasteiger partial charge in [0.25, 0.3) is 5.91 Å². The monoisotopic (exact) mass is 386 g/mol. The summed E-state index contributed by atoms with van der Waals surface area (Å²) in [6, 6.07) is 14.3. The first-order chi connectivity index (χ1) is 12.8. The number of primary sulfonamides is 1. The second-order valence-corrected chi connectivity index (χ2v) is 7.11. The van der Waals surface area contributed by atoms with E-state index in [-0.39, 0.29) is 17.1 Å². The standard InChI is InChI=1S/C18H18N4O4S/c19-9-15(11-21-10-13-1-3-14(12-23)4-2-13)18(24)22-16-5-7-17(8-6-16)27(20,25)26/h1-8,11,21,23H,10,12H2,(H,22,24)(H2,20,25,26)/b15-11-. The summed E-state index contributed by atoms with van der Waals surface area (Å²) in [5.74, 6) is -0.635. The predicted molar refractivity (Wildman–Crippen MR) is 99.3 cm³/mol. The number of sulfonamides is 1. The van der Waals surface area contributed by atoms with Crippen molar-refractivity contribution in [2.45, 2.75) is 18.0 Å².